The van der Waals surface area contributed by atoms with Crippen LogP contribution in [0.5, 0.6) is 0 Å². The van der Waals surface area contributed by atoms with Crippen LogP contribution in [0, 0.1) is 0 Å². The number of sulfonamides is 1. The van der Waals surface area contributed by atoms with Crippen LogP contribution < -0.4 is 9.73 Å². The second-order valence-corrected chi connectivity index (χ2v) is 8.61. The van der Waals surface area contributed by atoms with Crippen molar-refractivity contribution < 1.29 is 13.2 Å². The quantitative estimate of drug-likeness (QED) is 0.512. The smallest absolute Gasteiger partial charge is 0.267 e. The summed E-state index contributed by atoms with van der Waals surface area (Å²) in [5, 5.41) is 4.68. The fourth-order valence-corrected chi connectivity index (χ4v) is 3.55. The molecule has 2 aromatic carbocycles. The van der Waals surface area contributed by atoms with Gasteiger partial charge in [0.2, 0.25) is 10.0 Å². The topological polar surface area (TPSA) is 78.8 Å². The zero-order valence-electron chi connectivity index (χ0n) is 16.1. The number of anilines is 1. The molecular weight excluding hydrogens is 398 g/mol. The van der Waals surface area contributed by atoms with Gasteiger partial charge in [-0.05, 0) is 54.8 Å². The molecule has 0 fully saturated rings. The maximum Gasteiger partial charge on any atom is 0.271 e. The van der Waals surface area contributed by atoms with Crippen LogP contribution in [-0.4, -0.2) is 26.3 Å². The molecule has 8 heteroatoms. The van der Waals surface area contributed by atoms with E-state index < -0.39 is 10.0 Å². The molecule has 0 saturated heterocycles. The maximum atomic E-state index is 12.3. The summed E-state index contributed by atoms with van der Waals surface area (Å²) in [6.45, 7) is 4.12. The second kappa shape index (κ2) is 9.71. The summed E-state index contributed by atoms with van der Waals surface area (Å²) in [6.07, 6.45) is 2.68. The molecular formula is C20H24ClN3O3S. The molecule has 0 aliphatic heterocycles. The van der Waals surface area contributed by atoms with Crippen LogP contribution in [-0.2, 0) is 16.6 Å². The van der Waals surface area contributed by atoms with Crippen LogP contribution in [0.4, 0.5) is 5.69 Å². The van der Waals surface area contributed by atoms with Gasteiger partial charge in [-0.15, -0.1) is 0 Å². The predicted octanol–water partition coefficient (Wildman–Crippen LogP) is 4.21. The molecule has 150 valence electrons. The zero-order valence-corrected chi connectivity index (χ0v) is 17.7. The number of rotatable bonds is 8. The average Bonchev–Trinajstić information content (AvgIpc) is 2.67. The van der Waals surface area contributed by atoms with Crippen molar-refractivity contribution in [1.82, 2.24) is 5.43 Å². The van der Waals surface area contributed by atoms with Crippen LogP contribution in [0.1, 0.15) is 42.6 Å². The van der Waals surface area contributed by atoms with E-state index in [0.29, 0.717) is 16.3 Å². The third kappa shape index (κ3) is 6.07. The van der Waals surface area contributed by atoms with E-state index in [4.69, 9.17) is 11.6 Å². The first kappa shape index (κ1) is 21.9. The molecule has 0 spiro atoms. The number of carbonyl (C=O) groups is 1. The molecule has 1 N–H and O–H groups in total. The molecule has 0 saturated carbocycles. The van der Waals surface area contributed by atoms with Crippen molar-refractivity contribution in [2.45, 2.75) is 33.2 Å². The number of halogens is 1. The standard InChI is InChI=1S/C20H24ClN3O3S/c1-4-18(5-2)22-23-20(25)16-8-12-19(13-9-16)24(28(3,26)27)14-15-6-10-17(21)11-7-15/h6-13H,4-5,14H2,1-3H3,(H,23,25). The summed E-state index contributed by atoms with van der Waals surface area (Å²) in [6, 6.07) is 13.4. The van der Waals surface area contributed by atoms with E-state index in [1.165, 1.54) is 4.31 Å². The van der Waals surface area contributed by atoms with Gasteiger partial charge in [0.15, 0.2) is 0 Å². The molecule has 0 aromatic heterocycles. The summed E-state index contributed by atoms with van der Waals surface area (Å²) >= 11 is 5.89. The van der Waals surface area contributed by atoms with Crippen molar-refractivity contribution in [3.63, 3.8) is 0 Å². The van der Waals surface area contributed by atoms with Crippen LogP contribution in [0.3, 0.4) is 0 Å². The third-order valence-corrected chi connectivity index (χ3v) is 5.58. The molecule has 0 aliphatic rings. The Kier molecular flexibility index (Phi) is 7.60. The van der Waals surface area contributed by atoms with Crippen LogP contribution in [0.25, 0.3) is 0 Å². The number of hydrazone groups is 1. The van der Waals surface area contributed by atoms with E-state index in [9.17, 15) is 13.2 Å². The number of benzene rings is 2. The minimum atomic E-state index is -3.51. The summed E-state index contributed by atoms with van der Waals surface area (Å²) in [4.78, 5) is 12.2. The van der Waals surface area contributed by atoms with E-state index in [1.807, 2.05) is 13.8 Å². The zero-order chi connectivity index (χ0) is 20.7. The van der Waals surface area contributed by atoms with Gasteiger partial charge < -0.3 is 0 Å². The maximum absolute atomic E-state index is 12.3. The molecule has 0 heterocycles. The van der Waals surface area contributed by atoms with Gasteiger partial charge in [-0.2, -0.15) is 5.10 Å². The van der Waals surface area contributed by atoms with Gasteiger partial charge >= 0.3 is 0 Å². The number of nitrogens with one attached hydrogen (secondary N) is 1. The van der Waals surface area contributed by atoms with Crippen LogP contribution >= 0.6 is 11.6 Å². The van der Waals surface area contributed by atoms with Gasteiger partial charge in [0.25, 0.3) is 5.91 Å². The van der Waals surface area contributed by atoms with Crippen molar-refractivity contribution in [1.29, 1.82) is 0 Å². The molecule has 1 amide bonds. The molecule has 0 bridgehead atoms. The van der Waals surface area contributed by atoms with Gasteiger partial charge in [0, 0.05) is 16.3 Å². The highest BCUT2D eigenvalue weighted by Crippen LogP contribution is 2.22. The van der Waals surface area contributed by atoms with E-state index in [2.05, 4.69) is 10.5 Å². The Morgan fingerprint density at radius 1 is 1.04 bits per heavy atom. The Labute approximate surface area is 171 Å². The fourth-order valence-electron chi connectivity index (χ4n) is 2.54. The molecule has 0 radical (unpaired) electrons. The van der Waals surface area contributed by atoms with Gasteiger partial charge in [-0.25, -0.2) is 13.8 Å². The Balaban J connectivity index is 2.20. The Morgan fingerprint density at radius 2 is 1.61 bits per heavy atom. The number of nitrogens with zero attached hydrogens (tertiary/aromatic N) is 2. The lowest BCUT2D eigenvalue weighted by Gasteiger charge is -2.22. The Morgan fingerprint density at radius 3 is 2.11 bits per heavy atom. The summed E-state index contributed by atoms with van der Waals surface area (Å²) in [5.74, 6) is -0.338. The minimum absolute atomic E-state index is 0.169. The second-order valence-electron chi connectivity index (χ2n) is 6.27. The fraction of sp³-hybridized carbons (Fsp3) is 0.300. The van der Waals surface area contributed by atoms with Gasteiger partial charge in [-0.3, -0.25) is 9.10 Å². The van der Waals surface area contributed by atoms with E-state index in [1.54, 1.807) is 48.5 Å². The van der Waals surface area contributed by atoms with Crippen LogP contribution in [0.15, 0.2) is 53.6 Å². The number of amides is 1. The average molecular weight is 422 g/mol. The van der Waals surface area contributed by atoms with Crippen molar-refractivity contribution in [3.05, 3.63) is 64.7 Å². The Hall–Kier alpha value is -2.38. The van der Waals surface area contributed by atoms with Crippen LogP contribution in [0.2, 0.25) is 5.02 Å². The van der Waals surface area contributed by atoms with Gasteiger partial charge in [0.05, 0.1) is 18.5 Å². The molecule has 6 nitrogen and oxygen atoms in total. The van der Waals surface area contributed by atoms with Crippen molar-refractivity contribution in [2.24, 2.45) is 5.10 Å². The predicted molar refractivity (Wildman–Crippen MR) is 114 cm³/mol. The lowest BCUT2D eigenvalue weighted by molar-refractivity contribution is 0.0954. The monoisotopic (exact) mass is 421 g/mol. The number of carbonyl (C=O) groups excluding carboxylic acids is 1. The third-order valence-electron chi connectivity index (χ3n) is 4.19. The number of hydrogen-bond acceptors (Lipinski definition) is 4. The summed E-state index contributed by atoms with van der Waals surface area (Å²) in [7, 11) is -3.51. The number of hydrogen-bond donors (Lipinski definition) is 1. The van der Waals surface area contributed by atoms with Gasteiger partial charge in [-0.1, -0.05) is 37.6 Å². The first-order valence-corrected chi connectivity index (χ1v) is 11.1. The molecule has 0 unspecified atom stereocenters. The summed E-state index contributed by atoms with van der Waals surface area (Å²) < 4.78 is 25.8. The Bertz CT molecular complexity index is 934. The van der Waals surface area contributed by atoms with E-state index in [0.717, 1.165) is 30.4 Å². The summed E-state index contributed by atoms with van der Waals surface area (Å²) in [5.41, 5.74) is 5.11. The first-order chi connectivity index (χ1) is 13.2. The molecule has 0 aliphatic carbocycles. The minimum Gasteiger partial charge on any atom is -0.267 e. The normalized spacial score (nSPS) is 11.0. The highest BCUT2D eigenvalue weighted by molar-refractivity contribution is 7.92. The molecule has 0 atom stereocenters. The first-order valence-electron chi connectivity index (χ1n) is 8.92. The lowest BCUT2D eigenvalue weighted by Crippen LogP contribution is -2.29. The highest BCUT2D eigenvalue weighted by Gasteiger charge is 2.18. The van der Waals surface area contributed by atoms with Crippen molar-refractivity contribution in [3.8, 4) is 0 Å². The SMILES string of the molecule is CCC(CC)=NNC(=O)c1ccc(N(Cc2ccc(Cl)cc2)S(C)(=O)=O)cc1. The lowest BCUT2D eigenvalue weighted by atomic mass is 10.2. The molecule has 28 heavy (non-hydrogen) atoms. The van der Waals surface area contributed by atoms with E-state index >= 15 is 0 Å². The van der Waals surface area contributed by atoms with Crippen molar-refractivity contribution >= 4 is 38.9 Å². The van der Waals surface area contributed by atoms with Crippen molar-refractivity contribution in [2.75, 3.05) is 10.6 Å². The largest absolute Gasteiger partial charge is 0.271 e. The highest BCUT2D eigenvalue weighted by atomic mass is 35.5. The molecule has 2 aromatic rings. The van der Waals surface area contributed by atoms with E-state index in [-0.39, 0.29) is 12.5 Å². The molecule has 2 rings (SSSR count). The van der Waals surface area contributed by atoms with Gasteiger partial charge in [0.1, 0.15) is 0 Å².